The molecule has 170 valence electrons. The molecular formula is C24H26N6O3. The molecule has 0 unspecified atom stereocenters. The highest BCUT2D eigenvalue weighted by Gasteiger charge is 2.29. The van der Waals surface area contributed by atoms with E-state index in [4.69, 9.17) is 15.2 Å². The molecule has 33 heavy (non-hydrogen) atoms. The average molecular weight is 447 g/mol. The highest BCUT2D eigenvalue weighted by atomic mass is 16.5. The first-order valence-corrected chi connectivity index (χ1v) is 11.0. The number of benzene rings is 1. The lowest BCUT2D eigenvalue weighted by molar-refractivity contribution is -0.0247. The Morgan fingerprint density at radius 2 is 2.06 bits per heavy atom. The van der Waals surface area contributed by atoms with Crippen molar-refractivity contribution in [1.29, 1.82) is 0 Å². The van der Waals surface area contributed by atoms with Gasteiger partial charge < -0.3 is 25.1 Å². The molecule has 1 aliphatic heterocycles. The van der Waals surface area contributed by atoms with Crippen molar-refractivity contribution >= 4 is 33.7 Å². The Morgan fingerprint density at radius 1 is 1.21 bits per heavy atom. The van der Waals surface area contributed by atoms with E-state index in [0.29, 0.717) is 60.4 Å². The first-order valence-electron chi connectivity index (χ1n) is 11.0. The zero-order valence-corrected chi connectivity index (χ0v) is 18.9. The maximum absolute atomic E-state index is 13.4. The molecule has 3 N–H and O–H groups in total. The fourth-order valence-electron chi connectivity index (χ4n) is 4.29. The fourth-order valence-corrected chi connectivity index (χ4v) is 4.29. The zero-order valence-electron chi connectivity index (χ0n) is 18.9. The van der Waals surface area contributed by atoms with Gasteiger partial charge in [0.2, 0.25) is 0 Å². The van der Waals surface area contributed by atoms with E-state index in [2.05, 4.69) is 19.9 Å². The van der Waals surface area contributed by atoms with E-state index >= 15 is 0 Å². The molecule has 1 aromatic carbocycles. The molecule has 0 saturated carbocycles. The van der Waals surface area contributed by atoms with E-state index in [1.54, 1.807) is 11.8 Å². The molecule has 1 saturated heterocycles. The summed E-state index contributed by atoms with van der Waals surface area (Å²) in [4.78, 5) is 31.8. The van der Waals surface area contributed by atoms with Crippen LogP contribution in [-0.2, 0) is 4.74 Å². The predicted octanol–water partition coefficient (Wildman–Crippen LogP) is 3.32. The first-order chi connectivity index (χ1) is 15.9. The number of aromatic amines is 1. The van der Waals surface area contributed by atoms with Crippen molar-refractivity contribution in [3.05, 3.63) is 53.1 Å². The Kier molecular flexibility index (Phi) is 5.33. The molecule has 4 aromatic rings. The molecule has 1 amide bonds. The Morgan fingerprint density at radius 3 is 2.88 bits per heavy atom. The molecule has 0 aliphatic carbocycles. The SMILES string of the molecule is CCOc1ccc2[nH]c(C(=O)N3CCO[C@@H](c4ccc5c(N)nc(C)nc5n4)C3)c(C)c2c1. The van der Waals surface area contributed by atoms with Gasteiger partial charge in [-0.1, -0.05) is 0 Å². The molecule has 3 aromatic heterocycles. The molecule has 0 bridgehead atoms. The van der Waals surface area contributed by atoms with Crippen LogP contribution in [0.2, 0.25) is 0 Å². The normalized spacial score (nSPS) is 16.5. The van der Waals surface area contributed by atoms with E-state index in [9.17, 15) is 4.79 Å². The van der Waals surface area contributed by atoms with Crippen LogP contribution in [0.5, 0.6) is 5.75 Å². The molecule has 1 fully saturated rings. The van der Waals surface area contributed by atoms with Gasteiger partial charge >= 0.3 is 0 Å². The van der Waals surface area contributed by atoms with Crippen LogP contribution in [-0.4, -0.2) is 57.0 Å². The number of anilines is 1. The number of carbonyl (C=O) groups is 1. The number of morpholine rings is 1. The summed E-state index contributed by atoms with van der Waals surface area (Å²) in [5, 5.41) is 1.69. The number of ether oxygens (including phenoxy) is 2. The summed E-state index contributed by atoms with van der Waals surface area (Å²) in [5.74, 6) is 1.70. The zero-order chi connectivity index (χ0) is 23.1. The van der Waals surface area contributed by atoms with Crippen LogP contribution in [0.3, 0.4) is 0 Å². The molecule has 5 rings (SSSR count). The van der Waals surface area contributed by atoms with Gasteiger partial charge in [0.15, 0.2) is 5.65 Å². The van der Waals surface area contributed by atoms with Crippen molar-refractivity contribution in [2.75, 3.05) is 32.0 Å². The van der Waals surface area contributed by atoms with Crippen LogP contribution in [0.15, 0.2) is 30.3 Å². The van der Waals surface area contributed by atoms with Crippen molar-refractivity contribution in [1.82, 2.24) is 24.8 Å². The van der Waals surface area contributed by atoms with Crippen LogP contribution in [0.4, 0.5) is 5.82 Å². The summed E-state index contributed by atoms with van der Waals surface area (Å²) < 4.78 is 11.6. The Labute approximate surface area is 190 Å². The Bertz CT molecular complexity index is 1370. The van der Waals surface area contributed by atoms with E-state index < -0.39 is 0 Å². The van der Waals surface area contributed by atoms with Crippen LogP contribution in [0.1, 0.15) is 40.6 Å². The van der Waals surface area contributed by atoms with Gasteiger partial charge in [0.25, 0.3) is 5.91 Å². The number of nitrogens with zero attached hydrogens (tertiary/aromatic N) is 4. The molecule has 4 heterocycles. The third-order valence-corrected chi connectivity index (χ3v) is 5.96. The Hall–Kier alpha value is -3.72. The number of aryl methyl sites for hydroxylation is 2. The predicted molar refractivity (Wildman–Crippen MR) is 125 cm³/mol. The van der Waals surface area contributed by atoms with Gasteiger partial charge in [-0.05, 0) is 56.7 Å². The Balaban J connectivity index is 1.41. The topological polar surface area (TPSA) is 119 Å². The van der Waals surface area contributed by atoms with E-state index in [1.165, 1.54) is 0 Å². The highest BCUT2D eigenvalue weighted by molar-refractivity contribution is 6.01. The lowest BCUT2D eigenvalue weighted by Gasteiger charge is -2.32. The number of rotatable bonds is 4. The number of nitrogens with one attached hydrogen (secondary N) is 1. The number of fused-ring (bicyclic) bond motifs is 2. The smallest absolute Gasteiger partial charge is 0.270 e. The summed E-state index contributed by atoms with van der Waals surface area (Å²) >= 11 is 0. The second-order valence-electron chi connectivity index (χ2n) is 8.14. The number of carbonyl (C=O) groups excluding carboxylic acids is 1. The van der Waals surface area contributed by atoms with Crippen LogP contribution in [0.25, 0.3) is 21.9 Å². The maximum Gasteiger partial charge on any atom is 0.270 e. The van der Waals surface area contributed by atoms with E-state index in [-0.39, 0.29) is 12.0 Å². The van der Waals surface area contributed by atoms with Crippen molar-refractivity contribution < 1.29 is 14.3 Å². The second-order valence-corrected chi connectivity index (χ2v) is 8.14. The van der Waals surface area contributed by atoms with Crippen molar-refractivity contribution in [3.8, 4) is 5.75 Å². The molecule has 0 spiro atoms. The molecule has 9 heteroatoms. The van der Waals surface area contributed by atoms with Crippen LogP contribution >= 0.6 is 0 Å². The second kappa shape index (κ2) is 8.32. The monoisotopic (exact) mass is 446 g/mol. The van der Waals surface area contributed by atoms with Crippen LogP contribution in [0, 0.1) is 13.8 Å². The van der Waals surface area contributed by atoms with Gasteiger partial charge in [0.05, 0.1) is 30.8 Å². The molecule has 1 aliphatic rings. The summed E-state index contributed by atoms with van der Waals surface area (Å²) in [5.41, 5.74) is 9.64. The molecular weight excluding hydrogens is 420 g/mol. The average Bonchev–Trinajstić information content (AvgIpc) is 3.14. The van der Waals surface area contributed by atoms with Crippen molar-refractivity contribution in [3.63, 3.8) is 0 Å². The summed E-state index contributed by atoms with van der Waals surface area (Å²) in [6.45, 7) is 7.61. The number of amides is 1. The third kappa shape index (κ3) is 3.84. The van der Waals surface area contributed by atoms with Crippen molar-refractivity contribution in [2.45, 2.75) is 26.9 Å². The number of nitrogens with two attached hydrogens (primary N) is 1. The number of hydrogen-bond donors (Lipinski definition) is 2. The lowest BCUT2D eigenvalue weighted by Crippen LogP contribution is -2.42. The quantitative estimate of drug-likeness (QED) is 0.493. The summed E-state index contributed by atoms with van der Waals surface area (Å²) in [7, 11) is 0. The number of pyridine rings is 1. The third-order valence-electron chi connectivity index (χ3n) is 5.96. The van der Waals surface area contributed by atoms with Gasteiger partial charge in [0, 0.05) is 17.4 Å². The van der Waals surface area contributed by atoms with Crippen LogP contribution < -0.4 is 10.5 Å². The highest BCUT2D eigenvalue weighted by Crippen LogP contribution is 2.29. The standard InChI is InChI=1S/C24H26N6O3/c1-4-32-15-5-7-18-17(11-15)13(2)21(28-18)24(31)30-9-10-33-20(12-30)19-8-6-16-22(25)26-14(3)27-23(16)29-19/h5-8,11,20,28H,4,9-10,12H2,1-3H3,(H2,25,26,27,29)/t20-/m1/s1. The minimum Gasteiger partial charge on any atom is -0.494 e. The van der Waals surface area contributed by atoms with E-state index in [1.807, 2.05) is 44.2 Å². The minimum absolute atomic E-state index is 0.0573. The number of aromatic nitrogens is 4. The lowest BCUT2D eigenvalue weighted by atomic mass is 10.1. The molecule has 9 nitrogen and oxygen atoms in total. The number of hydrogen-bond acceptors (Lipinski definition) is 7. The van der Waals surface area contributed by atoms with E-state index in [0.717, 1.165) is 22.2 Å². The van der Waals surface area contributed by atoms with Gasteiger partial charge in [-0.15, -0.1) is 0 Å². The maximum atomic E-state index is 13.4. The largest absolute Gasteiger partial charge is 0.494 e. The molecule has 0 radical (unpaired) electrons. The fraction of sp³-hybridized carbons (Fsp3) is 0.333. The number of H-pyrrole nitrogens is 1. The van der Waals surface area contributed by atoms with Gasteiger partial charge in [0.1, 0.15) is 29.2 Å². The summed E-state index contributed by atoms with van der Waals surface area (Å²) in [6, 6.07) is 9.54. The summed E-state index contributed by atoms with van der Waals surface area (Å²) in [6.07, 6.45) is -0.349. The van der Waals surface area contributed by atoms with Gasteiger partial charge in [-0.3, -0.25) is 4.79 Å². The van der Waals surface area contributed by atoms with Gasteiger partial charge in [-0.25, -0.2) is 15.0 Å². The van der Waals surface area contributed by atoms with Crippen molar-refractivity contribution in [2.24, 2.45) is 0 Å². The first kappa shape index (κ1) is 21.1. The van der Waals surface area contributed by atoms with Gasteiger partial charge in [-0.2, -0.15) is 0 Å². The molecule has 1 atom stereocenters. The number of nitrogen functional groups attached to an aromatic ring is 1. The minimum atomic E-state index is -0.349.